The molecule has 0 spiro atoms. The van der Waals surface area contributed by atoms with Crippen molar-refractivity contribution in [2.24, 2.45) is 0 Å². The van der Waals surface area contributed by atoms with Gasteiger partial charge in [0, 0.05) is 16.5 Å². The van der Waals surface area contributed by atoms with Crippen molar-refractivity contribution in [1.29, 1.82) is 0 Å². The quantitative estimate of drug-likeness (QED) is 0.728. The molecule has 0 amide bonds. The summed E-state index contributed by atoms with van der Waals surface area (Å²) in [5.74, 6) is 0. The van der Waals surface area contributed by atoms with Gasteiger partial charge in [-0.1, -0.05) is 36.4 Å². The van der Waals surface area contributed by atoms with E-state index in [1.807, 2.05) is 19.3 Å². The second kappa shape index (κ2) is 6.29. The molecule has 0 aliphatic rings. The molecule has 0 fully saturated rings. The van der Waals surface area contributed by atoms with Gasteiger partial charge in [-0.25, -0.2) is 0 Å². The summed E-state index contributed by atoms with van der Waals surface area (Å²) in [6.45, 7) is 0. The van der Waals surface area contributed by atoms with E-state index in [2.05, 4.69) is 65.1 Å². The molecule has 21 heavy (non-hydrogen) atoms. The number of pyridine rings is 1. The maximum atomic E-state index is 4.46. The highest BCUT2D eigenvalue weighted by atomic mass is 32.2. The summed E-state index contributed by atoms with van der Waals surface area (Å²) in [5, 5.41) is 4.66. The number of fused-ring (bicyclic) bond motifs is 1. The average molecular weight is 294 g/mol. The fourth-order valence-electron chi connectivity index (χ4n) is 2.76. The number of rotatable bonds is 4. The van der Waals surface area contributed by atoms with E-state index in [1.165, 1.54) is 21.4 Å². The lowest BCUT2D eigenvalue weighted by atomic mass is 9.95. The average Bonchev–Trinajstić information content (AvgIpc) is 2.56. The summed E-state index contributed by atoms with van der Waals surface area (Å²) in [4.78, 5) is 5.77. The molecule has 1 unspecified atom stereocenters. The third kappa shape index (κ3) is 2.67. The Morgan fingerprint density at radius 1 is 0.952 bits per heavy atom. The molecule has 0 aliphatic carbocycles. The minimum atomic E-state index is 0.168. The predicted octanol–water partition coefficient (Wildman–Crippen LogP) is 4.27. The lowest BCUT2D eigenvalue weighted by molar-refractivity contribution is 0.685. The van der Waals surface area contributed by atoms with Crippen LogP contribution >= 0.6 is 11.8 Å². The van der Waals surface area contributed by atoms with Crippen LogP contribution in [0.5, 0.6) is 0 Å². The lowest BCUT2D eigenvalue weighted by Crippen LogP contribution is -2.18. The van der Waals surface area contributed by atoms with Crippen LogP contribution in [0.4, 0.5) is 0 Å². The smallest absolute Gasteiger partial charge is 0.0705 e. The zero-order chi connectivity index (χ0) is 14.7. The Kier molecular flexibility index (Phi) is 4.23. The molecule has 3 heteroatoms. The maximum Gasteiger partial charge on any atom is 0.0705 e. The van der Waals surface area contributed by atoms with Crippen LogP contribution in [0.3, 0.4) is 0 Å². The fourth-order valence-corrected chi connectivity index (χ4v) is 3.40. The molecule has 1 N–H and O–H groups in total. The summed E-state index contributed by atoms with van der Waals surface area (Å²) in [7, 11) is 2.01. The molecule has 0 saturated heterocycles. The van der Waals surface area contributed by atoms with Gasteiger partial charge in [0.15, 0.2) is 0 Å². The number of benzene rings is 2. The van der Waals surface area contributed by atoms with Crippen LogP contribution in [0, 0.1) is 0 Å². The third-order valence-corrected chi connectivity index (χ3v) is 4.54. The van der Waals surface area contributed by atoms with E-state index in [9.17, 15) is 0 Å². The van der Waals surface area contributed by atoms with Crippen LogP contribution in [-0.2, 0) is 0 Å². The number of nitrogens with one attached hydrogen (secondary N) is 1. The van der Waals surface area contributed by atoms with Gasteiger partial charge in [-0.3, -0.25) is 4.98 Å². The monoisotopic (exact) mass is 294 g/mol. The van der Waals surface area contributed by atoms with E-state index >= 15 is 0 Å². The molecule has 0 saturated carbocycles. The first-order valence-corrected chi connectivity index (χ1v) is 8.21. The molecule has 0 bridgehead atoms. The zero-order valence-electron chi connectivity index (χ0n) is 12.2. The van der Waals surface area contributed by atoms with Crippen molar-refractivity contribution in [3.05, 3.63) is 71.9 Å². The van der Waals surface area contributed by atoms with Gasteiger partial charge < -0.3 is 5.32 Å². The van der Waals surface area contributed by atoms with Crippen molar-refractivity contribution in [2.75, 3.05) is 13.3 Å². The maximum absolute atomic E-state index is 4.46. The summed E-state index contributed by atoms with van der Waals surface area (Å²) in [6, 6.07) is 19.2. The molecule has 2 nitrogen and oxygen atoms in total. The molecule has 106 valence electrons. The molecule has 1 heterocycles. The standard InChI is InChI=1S/C18H18N2S/c1-19-18(15-7-3-4-11-17(15)21-2)14-8-5-10-16-13(14)9-6-12-20-16/h3-12,18-19H,1-2H3. The normalized spacial score (nSPS) is 12.5. The van der Waals surface area contributed by atoms with Gasteiger partial charge in [0.1, 0.15) is 0 Å². The van der Waals surface area contributed by atoms with Crippen LogP contribution in [0.2, 0.25) is 0 Å². The molecule has 3 aromatic rings. The first-order valence-electron chi connectivity index (χ1n) is 6.99. The molecule has 1 aromatic heterocycles. The first-order chi connectivity index (χ1) is 10.3. The molecular formula is C18H18N2S. The van der Waals surface area contributed by atoms with Gasteiger partial charge in [-0.15, -0.1) is 11.8 Å². The number of hydrogen-bond acceptors (Lipinski definition) is 3. The SMILES string of the molecule is CNC(c1ccccc1SC)c1cccc2ncccc12. The summed E-state index contributed by atoms with van der Waals surface area (Å²) < 4.78 is 0. The molecular weight excluding hydrogens is 276 g/mol. The van der Waals surface area contributed by atoms with Crippen molar-refractivity contribution in [3.8, 4) is 0 Å². The van der Waals surface area contributed by atoms with Crippen LogP contribution < -0.4 is 5.32 Å². The van der Waals surface area contributed by atoms with Crippen LogP contribution in [0.1, 0.15) is 17.2 Å². The Morgan fingerprint density at radius 2 is 1.76 bits per heavy atom. The highest BCUT2D eigenvalue weighted by molar-refractivity contribution is 7.98. The summed E-state index contributed by atoms with van der Waals surface area (Å²) >= 11 is 1.78. The van der Waals surface area contributed by atoms with Gasteiger partial charge in [0.05, 0.1) is 11.6 Å². The molecule has 2 aromatic carbocycles. The van der Waals surface area contributed by atoms with Crippen LogP contribution in [-0.4, -0.2) is 18.3 Å². The Balaban J connectivity index is 2.19. The second-order valence-corrected chi connectivity index (χ2v) is 5.73. The van der Waals surface area contributed by atoms with Gasteiger partial charge in [-0.05, 0) is 42.6 Å². The van der Waals surface area contributed by atoms with E-state index in [-0.39, 0.29) is 6.04 Å². The Morgan fingerprint density at radius 3 is 2.57 bits per heavy atom. The van der Waals surface area contributed by atoms with Crippen molar-refractivity contribution in [2.45, 2.75) is 10.9 Å². The summed E-state index contributed by atoms with van der Waals surface area (Å²) in [5.41, 5.74) is 3.62. The zero-order valence-corrected chi connectivity index (χ0v) is 13.0. The van der Waals surface area contributed by atoms with Crippen LogP contribution in [0.25, 0.3) is 10.9 Å². The third-order valence-electron chi connectivity index (χ3n) is 3.73. The molecule has 1 atom stereocenters. The van der Waals surface area contributed by atoms with Crippen molar-refractivity contribution >= 4 is 22.7 Å². The van der Waals surface area contributed by atoms with Crippen LogP contribution in [0.15, 0.2) is 65.7 Å². The second-order valence-electron chi connectivity index (χ2n) is 4.88. The van der Waals surface area contributed by atoms with Gasteiger partial charge in [0.25, 0.3) is 0 Å². The topological polar surface area (TPSA) is 24.9 Å². The minimum absolute atomic E-state index is 0.168. The van der Waals surface area contributed by atoms with Gasteiger partial charge in [0.2, 0.25) is 0 Å². The van der Waals surface area contributed by atoms with E-state index in [1.54, 1.807) is 11.8 Å². The number of aromatic nitrogens is 1. The lowest BCUT2D eigenvalue weighted by Gasteiger charge is -2.21. The largest absolute Gasteiger partial charge is 0.309 e. The highest BCUT2D eigenvalue weighted by Crippen LogP contribution is 2.33. The van der Waals surface area contributed by atoms with Gasteiger partial charge >= 0.3 is 0 Å². The van der Waals surface area contributed by atoms with Crippen molar-refractivity contribution < 1.29 is 0 Å². The molecule has 0 aliphatic heterocycles. The minimum Gasteiger partial charge on any atom is -0.309 e. The van der Waals surface area contributed by atoms with E-state index in [0.717, 1.165) is 5.52 Å². The predicted molar refractivity (Wildman–Crippen MR) is 90.9 cm³/mol. The van der Waals surface area contributed by atoms with E-state index in [0.29, 0.717) is 0 Å². The Labute approximate surface area is 129 Å². The van der Waals surface area contributed by atoms with Gasteiger partial charge in [-0.2, -0.15) is 0 Å². The Bertz CT molecular complexity index is 750. The number of nitrogens with zero attached hydrogens (tertiary/aromatic N) is 1. The fraction of sp³-hybridized carbons (Fsp3) is 0.167. The Hall–Kier alpha value is -1.84. The van der Waals surface area contributed by atoms with Crippen molar-refractivity contribution in [1.82, 2.24) is 10.3 Å². The molecule has 3 rings (SSSR count). The van der Waals surface area contributed by atoms with E-state index < -0.39 is 0 Å². The summed E-state index contributed by atoms with van der Waals surface area (Å²) in [6.07, 6.45) is 3.96. The van der Waals surface area contributed by atoms with Crippen molar-refractivity contribution in [3.63, 3.8) is 0 Å². The highest BCUT2D eigenvalue weighted by Gasteiger charge is 2.17. The number of thioether (sulfide) groups is 1. The first kappa shape index (κ1) is 14.1. The number of hydrogen-bond donors (Lipinski definition) is 1. The van der Waals surface area contributed by atoms with E-state index in [4.69, 9.17) is 0 Å². The molecule has 0 radical (unpaired) electrons.